The van der Waals surface area contributed by atoms with E-state index >= 15 is 0 Å². The molecular formula is C18H32FIN4O. The van der Waals surface area contributed by atoms with Crippen molar-refractivity contribution in [3.8, 4) is 0 Å². The number of anilines is 1. The molecule has 0 amide bonds. The Hall–Kier alpha value is -1.09. The van der Waals surface area contributed by atoms with Crippen molar-refractivity contribution in [1.29, 1.82) is 0 Å². The maximum atomic E-state index is 14.3. The van der Waals surface area contributed by atoms with E-state index in [1.54, 1.807) is 13.2 Å². The predicted octanol–water partition coefficient (Wildman–Crippen LogP) is 3.38. The first-order valence-electron chi connectivity index (χ1n) is 8.70. The normalized spacial score (nSPS) is 11.0. The zero-order chi connectivity index (χ0) is 17.8. The number of guanidine groups is 1. The average molecular weight is 466 g/mol. The lowest BCUT2D eigenvalue weighted by atomic mass is 10.2. The molecule has 0 heterocycles. The van der Waals surface area contributed by atoms with Crippen LogP contribution in [0.1, 0.15) is 32.8 Å². The second-order valence-corrected chi connectivity index (χ2v) is 5.43. The van der Waals surface area contributed by atoms with Crippen molar-refractivity contribution in [1.82, 2.24) is 10.6 Å². The fourth-order valence-electron chi connectivity index (χ4n) is 2.40. The molecule has 7 heteroatoms. The lowest BCUT2D eigenvalue weighted by molar-refractivity contribution is 0.195. The summed E-state index contributed by atoms with van der Waals surface area (Å²) < 4.78 is 19.3. The smallest absolute Gasteiger partial charge is 0.191 e. The van der Waals surface area contributed by atoms with E-state index in [9.17, 15) is 4.39 Å². The molecule has 0 aliphatic heterocycles. The van der Waals surface area contributed by atoms with Crippen molar-refractivity contribution in [3.05, 3.63) is 29.6 Å². The summed E-state index contributed by atoms with van der Waals surface area (Å²) >= 11 is 0. The highest BCUT2D eigenvalue weighted by atomic mass is 127. The molecule has 0 aliphatic rings. The third kappa shape index (κ3) is 8.71. The molecule has 5 nitrogen and oxygen atoms in total. The van der Waals surface area contributed by atoms with Gasteiger partial charge >= 0.3 is 0 Å². The van der Waals surface area contributed by atoms with Crippen LogP contribution < -0.4 is 15.5 Å². The Labute approximate surface area is 168 Å². The summed E-state index contributed by atoms with van der Waals surface area (Å²) in [4.78, 5) is 6.51. The number of nitrogens with zero attached hydrogens (tertiary/aromatic N) is 2. The van der Waals surface area contributed by atoms with Crippen LogP contribution in [-0.4, -0.2) is 45.9 Å². The molecule has 0 saturated carbocycles. The van der Waals surface area contributed by atoms with E-state index in [0.717, 1.165) is 44.1 Å². The van der Waals surface area contributed by atoms with E-state index < -0.39 is 0 Å². The van der Waals surface area contributed by atoms with Gasteiger partial charge in [0.1, 0.15) is 5.82 Å². The van der Waals surface area contributed by atoms with Gasteiger partial charge in [0.2, 0.25) is 0 Å². The first-order valence-corrected chi connectivity index (χ1v) is 8.70. The van der Waals surface area contributed by atoms with Crippen molar-refractivity contribution in [3.63, 3.8) is 0 Å². The summed E-state index contributed by atoms with van der Waals surface area (Å²) in [6.45, 7) is 10.4. The molecule has 0 fully saturated rings. The lowest BCUT2D eigenvalue weighted by Crippen LogP contribution is -2.38. The number of benzene rings is 1. The van der Waals surface area contributed by atoms with Crippen molar-refractivity contribution >= 4 is 35.6 Å². The van der Waals surface area contributed by atoms with Crippen LogP contribution in [0.2, 0.25) is 0 Å². The molecule has 0 unspecified atom stereocenters. The van der Waals surface area contributed by atoms with Gasteiger partial charge in [0.15, 0.2) is 5.96 Å². The van der Waals surface area contributed by atoms with Crippen LogP contribution in [0.4, 0.5) is 10.1 Å². The maximum Gasteiger partial charge on any atom is 0.191 e. The van der Waals surface area contributed by atoms with Crippen LogP contribution in [-0.2, 0) is 11.3 Å². The predicted molar refractivity (Wildman–Crippen MR) is 115 cm³/mol. The number of nitrogens with one attached hydrogen (secondary N) is 2. The number of aliphatic imine (C=N–C) groups is 1. The Bertz CT molecular complexity index is 510. The van der Waals surface area contributed by atoms with Crippen molar-refractivity contribution in [2.45, 2.75) is 33.7 Å². The van der Waals surface area contributed by atoms with Crippen molar-refractivity contribution < 1.29 is 9.13 Å². The minimum atomic E-state index is -0.190. The van der Waals surface area contributed by atoms with Gasteiger partial charge in [-0.3, -0.25) is 0 Å². The largest absolute Gasteiger partial charge is 0.385 e. The van der Waals surface area contributed by atoms with Gasteiger partial charge in [-0.25, -0.2) is 9.38 Å². The molecule has 0 aliphatic carbocycles. The van der Waals surface area contributed by atoms with Gasteiger partial charge in [0.05, 0.1) is 12.2 Å². The van der Waals surface area contributed by atoms with E-state index in [1.807, 2.05) is 37.8 Å². The van der Waals surface area contributed by atoms with E-state index in [-0.39, 0.29) is 29.8 Å². The molecule has 0 aromatic heterocycles. The summed E-state index contributed by atoms with van der Waals surface area (Å²) in [5, 5.41) is 6.43. The number of ether oxygens (including phenoxy) is 1. The zero-order valence-corrected chi connectivity index (χ0v) is 18.1. The summed E-state index contributed by atoms with van der Waals surface area (Å²) in [5.41, 5.74) is 1.51. The number of hydrogen-bond donors (Lipinski definition) is 2. The topological polar surface area (TPSA) is 48.9 Å². The Balaban J connectivity index is 0.00000576. The molecule has 0 bridgehead atoms. The van der Waals surface area contributed by atoms with Crippen molar-refractivity contribution in [2.24, 2.45) is 4.99 Å². The average Bonchev–Trinajstić information content (AvgIpc) is 2.59. The molecule has 1 aromatic carbocycles. The van der Waals surface area contributed by atoms with Gasteiger partial charge in [0.25, 0.3) is 0 Å². The minimum Gasteiger partial charge on any atom is -0.385 e. The minimum absolute atomic E-state index is 0. The standard InChI is InChI=1S/C18H31FN4O.HI/c1-5-20-18(21-11-8-12-24-4)22-14-15-9-10-17(16(19)13-15)23(6-2)7-3;/h9-10,13H,5-8,11-12,14H2,1-4H3,(H2,20,21,22);1H. The van der Waals surface area contributed by atoms with Crippen LogP contribution >= 0.6 is 24.0 Å². The third-order valence-electron chi connectivity index (χ3n) is 3.70. The third-order valence-corrected chi connectivity index (χ3v) is 3.70. The lowest BCUT2D eigenvalue weighted by Gasteiger charge is -2.21. The molecule has 0 radical (unpaired) electrons. The molecule has 25 heavy (non-hydrogen) atoms. The monoisotopic (exact) mass is 466 g/mol. The SMILES string of the molecule is CCNC(=NCc1ccc(N(CC)CC)c(F)c1)NCCCOC.I. The Kier molecular flexibility index (Phi) is 13.5. The second-order valence-electron chi connectivity index (χ2n) is 5.43. The van der Waals surface area contributed by atoms with Crippen LogP contribution in [0.15, 0.2) is 23.2 Å². The first kappa shape index (κ1) is 23.9. The highest BCUT2D eigenvalue weighted by Gasteiger charge is 2.09. The van der Waals surface area contributed by atoms with Gasteiger partial charge in [-0.1, -0.05) is 6.07 Å². The van der Waals surface area contributed by atoms with Crippen LogP contribution in [0.25, 0.3) is 0 Å². The quantitative estimate of drug-likeness (QED) is 0.240. The van der Waals surface area contributed by atoms with E-state index in [2.05, 4.69) is 15.6 Å². The van der Waals surface area contributed by atoms with Crippen LogP contribution in [0.5, 0.6) is 0 Å². The van der Waals surface area contributed by atoms with Gasteiger partial charge in [0, 0.05) is 39.9 Å². The molecule has 1 aromatic rings. The summed E-state index contributed by atoms with van der Waals surface area (Å²) in [6, 6.07) is 5.35. The molecular weight excluding hydrogens is 434 g/mol. The highest BCUT2D eigenvalue weighted by Crippen LogP contribution is 2.20. The molecule has 1 rings (SSSR count). The van der Waals surface area contributed by atoms with Gasteiger partial charge < -0.3 is 20.3 Å². The zero-order valence-electron chi connectivity index (χ0n) is 15.8. The Morgan fingerprint density at radius 3 is 2.48 bits per heavy atom. The van der Waals surface area contributed by atoms with E-state index in [1.165, 1.54) is 0 Å². The molecule has 144 valence electrons. The van der Waals surface area contributed by atoms with E-state index in [0.29, 0.717) is 18.8 Å². The molecule has 0 saturated heterocycles. The fourth-order valence-corrected chi connectivity index (χ4v) is 2.40. The Morgan fingerprint density at radius 1 is 1.20 bits per heavy atom. The molecule has 0 spiro atoms. The summed E-state index contributed by atoms with van der Waals surface area (Å²) in [7, 11) is 1.69. The highest BCUT2D eigenvalue weighted by molar-refractivity contribution is 14.0. The second kappa shape index (κ2) is 14.1. The van der Waals surface area contributed by atoms with Crippen molar-refractivity contribution in [2.75, 3.05) is 44.8 Å². The molecule has 0 atom stereocenters. The number of rotatable bonds is 10. The number of hydrogen-bond acceptors (Lipinski definition) is 3. The summed E-state index contributed by atoms with van der Waals surface area (Å²) in [6.07, 6.45) is 0.911. The number of methoxy groups -OCH3 is 1. The maximum absolute atomic E-state index is 14.3. The Morgan fingerprint density at radius 2 is 1.92 bits per heavy atom. The fraction of sp³-hybridized carbons (Fsp3) is 0.611. The van der Waals surface area contributed by atoms with Gasteiger partial charge in [-0.2, -0.15) is 0 Å². The molecule has 2 N–H and O–H groups in total. The number of halogens is 2. The summed E-state index contributed by atoms with van der Waals surface area (Å²) in [5.74, 6) is 0.547. The first-order chi connectivity index (χ1) is 11.7. The van der Waals surface area contributed by atoms with Gasteiger partial charge in [-0.05, 0) is 44.9 Å². The van der Waals surface area contributed by atoms with Crippen LogP contribution in [0, 0.1) is 5.82 Å². The van der Waals surface area contributed by atoms with E-state index in [4.69, 9.17) is 4.74 Å². The van der Waals surface area contributed by atoms with Gasteiger partial charge in [-0.15, -0.1) is 24.0 Å². The van der Waals surface area contributed by atoms with Crippen LogP contribution in [0.3, 0.4) is 0 Å².